The smallest absolute Gasteiger partial charge is 0.394 e. The number of amides is 2. The van der Waals surface area contributed by atoms with Gasteiger partial charge in [0.15, 0.2) is 22.6 Å². The van der Waals surface area contributed by atoms with Crippen LogP contribution in [0.25, 0.3) is 11.2 Å². The van der Waals surface area contributed by atoms with E-state index in [9.17, 15) is 32.7 Å². The van der Waals surface area contributed by atoms with Crippen LogP contribution in [-0.4, -0.2) is 96.3 Å². The predicted octanol–water partition coefficient (Wildman–Crippen LogP) is 2.46. The summed E-state index contributed by atoms with van der Waals surface area (Å²) in [5.74, 6) is -0.530. The molecule has 6 aliphatic rings. The second-order valence-corrected chi connectivity index (χ2v) is 14.0. The van der Waals surface area contributed by atoms with Gasteiger partial charge in [0.1, 0.15) is 24.4 Å². The highest BCUT2D eigenvalue weighted by atomic mass is 19.4. The average Bonchev–Trinajstić information content (AvgIpc) is 2.95. The number of pyridine rings is 1. The van der Waals surface area contributed by atoms with Crippen LogP contribution in [0.15, 0.2) is 17.3 Å². The molecule has 4 aliphatic carbocycles. The van der Waals surface area contributed by atoms with Gasteiger partial charge in [-0.3, -0.25) is 14.4 Å². The number of alkyl halides is 3. The highest BCUT2D eigenvalue weighted by molar-refractivity contribution is 5.95. The third-order valence-electron chi connectivity index (χ3n) is 11.2. The van der Waals surface area contributed by atoms with Gasteiger partial charge in [-0.1, -0.05) is 6.92 Å². The highest BCUT2D eigenvalue weighted by Crippen LogP contribution is 2.73. The Bertz CT molecular complexity index is 1910. The molecule has 0 unspecified atom stereocenters. The van der Waals surface area contributed by atoms with Crippen molar-refractivity contribution in [1.82, 2.24) is 34.7 Å². The molecule has 5 heterocycles. The summed E-state index contributed by atoms with van der Waals surface area (Å²) in [6, 6.07) is -0.433. The van der Waals surface area contributed by atoms with Crippen molar-refractivity contribution in [2.45, 2.75) is 89.1 Å². The van der Waals surface area contributed by atoms with Crippen LogP contribution in [0, 0.1) is 12.3 Å². The fourth-order valence-corrected chi connectivity index (χ4v) is 8.47. The number of anilines is 2. The van der Waals surface area contributed by atoms with Crippen LogP contribution in [-0.2, 0) is 17.8 Å². The van der Waals surface area contributed by atoms with Gasteiger partial charge < -0.3 is 29.7 Å². The Labute approximate surface area is 273 Å². The molecule has 0 radical (unpaired) electrons. The number of rotatable bonds is 7. The third kappa shape index (κ3) is 4.39. The number of nitrogens with zero attached hydrogens (tertiary/aromatic N) is 8. The van der Waals surface area contributed by atoms with Gasteiger partial charge in [-0.15, -0.1) is 0 Å². The molecule has 2 N–H and O–H groups in total. The lowest BCUT2D eigenvalue weighted by molar-refractivity contribution is -0.337. The van der Waals surface area contributed by atoms with E-state index < -0.39 is 28.9 Å². The van der Waals surface area contributed by atoms with E-state index in [2.05, 4.69) is 20.3 Å². The second kappa shape index (κ2) is 10.5. The molecular formula is C32H36F3N9O4. The lowest BCUT2D eigenvalue weighted by atomic mass is 9.39. The first-order valence-electron chi connectivity index (χ1n) is 16.5. The molecule has 6 fully saturated rings. The minimum atomic E-state index is -4.29. The second-order valence-electron chi connectivity index (χ2n) is 14.0. The molecule has 48 heavy (non-hydrogen) atoms. The first-order chi connectivity index (χ1) is 22.9. The zero-order chi connectivity index (χ0) is 33.7. The van der Waals surface area contributed by atoms with Crippen LogP contribution >= 0.6 is 0 Å². The molecule has 254 valence electrons. The van der Waals surface area contributed by atoms with Gasteiger partial charge in [0, 0.05) is 43.5 Å². The normalized spacial score (nSPS) is 27.4. The summed E-state index contributed by atoms with van der Waals surface area (Å²) in [6.07, 6.45) is 0.976. The summed E-state index contributed by atoms with van der Waals surface area (Å²) in [7, 11) is 0. The van der Waals surface area contributed by atoms with Gasteiger partial charge in [0.2, 0.25) is 11.3 Å². The van der Waals surface area contributed by atoms with Gasteiger partial charge in [-0.25, -0.2) is 19.9 Å². The van der Waals surface area contributed by atoms with Gasteiger partial charge >= 0.3 is 6.18 Å². The van der Waals surface area contributed by atoms with Crippen molar-refractivity contribution in [2.24, 2.45) is 5.41 Å². The SMILES string of the molecule is CCc1c(N2CCN(C(=O)c3ncnc(C)c3O)[C@@H]3CC[C@H]32)c(=O)c2nc(N3CCC3)cnc2n1CC(=O)NC12CC(C(F)(F)F)(C1)C2. The van der Waals surface area contributed by atoms with Gasteiger partial charge in [0.25, 0.3) is 5.91 Å². The Kier molecular flexibility index (Phi) is 6.74. The maximum Gasteiger partial charge on any atom is 0.394 e. The number of carbonyl (C=O) groups is 2. The fraction of sp³-hybridized carbons (Fsp3) is 0.594. The van der Waals surface area contributed by atoms with Gasteiger partial charge in [0.05, 0.1) is 23.3 Å². The van der Waals surface area contributed by atoms with Crippen LogP contribution in [0.1, 0.15) is 67.3 Å². The van der Waals surface area contributed by atoms with Crippen molar-refractivity contribution < 1.29 is 27.9 Å². The third-order valence-corrected chi connectivity index (χ3v) is 11.2. The summed E-state index contributed by atoms with van der Waals surface area (Å²) >= 11 is 0. The molecule has 4 saturated carbocycles. The van der Waals surface area contributed by atoms with E-state index in [0.717, 1.165) is 19.5 Å². The molecule has 2 amide bonds. The first kappa shape index (κ1) is 30.8. The van der Waals surface area contributed by atoms with Crippen LogP contribution in [0.4, 0.5) is 24.7 Å². The molecule has 3 aromatic rings. The molecule has 2 bridgehead atoms. The predicted molar refractivity (Wildman–Crippen MR) is 167 cm³/mol. The molecule has 0 spiro atoms. The number of fused-ring (bicyclic) bond motifs is 2. The standard InChI is InChI=1S/C32H36F3N9O4/c1-3-18-25(42-9-10-43(20-6-5-19(20)42)29(48)24-26(46)17(2)37-16-38-24)27(47)23-28(36-11-21(39-23)41-7-4-8-41)44(18)12-22(45)40-31-13-30(14-31,15-31)32(33,34)35/h11,16,19-20,46H,3-10,12-15H2,1-2H3,(H,40,45)/t19-,20-,30?,31?/m1/s1. The van der Waals surface area contributed by atoms with Crippen molar-refractivity contribution in [1.29, 1.82) is 0 Å². The topological polar surface area (TPSA) is 150 Å². The number of hydrogen-bond acceptors (Lipinski definition) is 10. The van der Waals surface area contributed by atoms with Crippen LogP contribution in [0.3, 0.4) is 0 Å². The van der Waals surface area contributed by atoms with Crippen LogP contribution in [0.2, 0.25) is 0 Å². The molecule has 13 nitrogen and oxygen atoms in total. The Balaban J connectivity index is 1.14. The first-order valence-corrected chi connectivity index (χ1v) is 16.5. The zero-order valence-corrected chi connectivity index (χ0v) is 26.7. The molecular weight excluding hydrogens is 631 g/mol. The quantitative estimate of drug-likeness (QED) is 0.385. The number of hydrogen-bond donors (Lipinski definition) is 2. The number of aryl methyl sites for hydroxylation is 1. The number of aromatic nitrogens is 5. The molecule has 9 rings (SSSR count). The lowest BCUT2D eigenvalue weighted by Crippen LogP contribution is -2.78. The van der Waals surface area contributed by atoms with E-state index in [4.69, 9.17) is 4.98 Å². The highest BCUT2D eigenvalue weighted by Gasteiger charge is 2.79. The molecule has 3 aromatic heterocycles. The summed E-state index contributed by atoms with van der Waals surface area (Å²) in [6.45, 7) is 5.42. The minimum absolute atomic E-state index is 0.0615. The van der Waals surface area contributed by atoms with Gasteiger partial charge in [-0.05, 0) is 51.9 Å². The van der Waals surface area contributed by atoms with E-state index in [1.54, 1.807) is 22.6 Å². The number of aromatic hydroxyl groups is 1. The molecule has 2 aliphatic heterocycles. The summed E-state index contributed by atoms with van der Waals surface area (Å²) in [5, 5.41) is 13.4. The average molecular weight is 668 g/mol. The van der Waals surface area contributed by atoms with Crippen molar-refractivity contribution >= 4 is 34.5 Å². The number of carbonyl (C=O) groups excluding carboxylic acids is 2. The van der Waals surface area contributed by atoms with E-state index in [1.807, 2.05) is 16.7 Å². The van der Waals surface area contributed by atoms with E-state index in [0.29, 0.717) is 48.7 Å². The van der Waals surface area contributed by atoms with Crippen LogP contribution in [0.5, 0.6) is 5.75 Å². The summed E-state index contributed by atoms with van der Waals surface area (Å²) < 4.78 is 42.1. The van der Waals surface area contributed by atoms with Gasteiger partial charge in [-0.2, -0.15) is 13.2 Å². The van der Waals surface area contributed by atoms with E-state index in [-0.39, 0.29) is 72.5 Å². The molecule has 0 aromatic carbocycles. The largest absolute Gasteiger partial charge is 0.504 e. The monoisotopic (exact) mass is 667 g/mol. The number of halogens is 3. The Morgan fingerprint density at radius 3 is 2.42 bits per heavy atom. The Morgan fingerprint density at radius 1 is 1.06 bits per heavy atom. The molecule has 16 heteroatoms. The Hall–Kier alpha value is -4.50. The molecule has 2 atom stereocenters. The fourth-order valence-electron chi connectivity index (χ4n) is 8.47. The maximum absolute atomic E-state index is 14.4. The van der Waals surface area contributed by atoms with Crippen molar-refractivity contribution in [2.75, 3.05) is 36.0 Å². The Morgan fingerprint density at radius 2 is 1.79 bits per heavy atom. The molecule has 2 saturated heterocycles. The van der Waals surface area contributed by atoms with E-state index >= 15 is 0 Å². The minimum Gasteiger partial charge on any atom is -0.504 e. The zero-order valence-electron chi connectivity index (χ0n) is 26.7. The maximum atomic E-state index is 14.4. The van der Waals surface area contributed by atoms with E-state index in [1.165, 1.54) is 6.33 Å². The summed E-state index contributed by atoms with van der Waals surface area (Å²) in [4.78, 5) is 64.6. The van der Waals surface area contributed by atoms with Crippen LogP contribution < -0.4 is 20.5 Å². The number of nitrogens with one attached hydrogen (secondary N) is 1. The van der Waals surface area contributed by atoms with Crippen molar-refractivity contribution in [3.8, 4) is 5.75 Å². The number of piperazine rings is 1. The summed E-state index contributed by atoms with van der Waals surface area (Å²) in [5.41, 5.74) is -1.27. The van der Waals surface area contributed by atoms with Crippen molar-refractivity contribution in [3.63, 3.8) is 0 Å². The van der Waals surface area contributed by atoms with Crippen molar-refractivity contribution in [3.05, 3.63) is 39.8 Å². The lowest BCUT2D eigenvalue weighted by Gasteiger charge is -2.70.